The van der Waals surface area contributed by atoms with E-state index in [1.165, 1.54) is 87.7 Å². The normalized spacial score (nSPS) is 26.1. The Hall–Kier alpha value is -6.66. The molecule has 25 nitrogen and oxygen atoms in total. The minimum atomic E-state index is -1.66. The molecule has 0 radical (unpaired) electrons. The third kappa shape index (κ3) is 23.0. The van der Waals surface area contributed by atoms with Crippen LogP contribution in [0.15, 0.2) is 12.2 Å². The fourth-order valence-electron chi connectivity index (χ4n) is 11.0. The average molecular weight is 1260 g/mol. The number of allylic oxidation sites excluding steroid dienone is 2. The highest BCUT2D eigenvalue weighted by Crippen LogP contribution is 2.27. The first-order valence-electron chi connectivity index (χ1n) is 31.7. The van der Waals surface area contributed by atoms with Crippen LogP contribution in [0.5, 0.6) is 0 Å². The van der Waals surface area contributed by atoms with Crippen LogP contribution in [0.3, 0.4) is 0 Å². The molecule has 0 aromatic carbocycles. The smallest absolute Gasteiger partial charge is 0.320 e. The van der Waals surface area contributed by atoms with E-state index in [-0.39, 0.29) is 62.2 Å². The number of carbonyl (C=O) groups is 12. The summed E-state index contributed by atoms with van der Waals surface area (Å²) in [5.74, 6) is -11.1. The Labute approximate surface area is 531 Å². The SMILES string of the molecule is C/C=C/C[C@@H](C)[C@@H](OC(=O)CN)[C@H]1C(=O)N[C@@H](CC)C(=O)N(C)CC(=O)N(C)[C@@H](CC(C)C)C(=O)N[C@@H](C(C)C)C(=O)N(C)[C@@H](CC(C)C)C(=O)N[C@@H](C)C(=O)N[C@H](C)C(=O)N(C)[C@@H](CC(C)C)C(=O)N(C)[C@@H](CC(C)C)C(=O)N(C)[C@@H](C(C)C)C(=O)N1C. The van der Waals surface area contributed by atoms with Crippen molar-refractivity contribution in [3.05, 3.63) is 12.2 Å². The van der Waals surface area contributed by atoms with Crippen molar-refractivity contribution in [1.29, 1.82) is 0 Å². The number of likely N-dealkylation sites (N-methyl/N-ethyl adjacent to an activating group) is 7. The quantitative estimate of drug-likeness (QED) is 0.103. The first-order valence-corrected chi connectivity index (χ1v) is 31.7. The fourth-order valence-corrected chi connectivity index (χ4v) is 11.0. The highest BCUT2D eigenvalue weighted by molar-refractivity contribution is 5.99. The van der Waals surface area contributed by atoms with Gasteiger partial charge in [-0.2, -0.15) is 0 Å². The second-order valence-corrected chi connectivity index (χ2v) is 26.8. The molecular weight excluding hydrogens is 1140 g/mol. The second-order valence-electron chi connectivity index (χ2n) is 26.8. The molecule has 0 aliphatic carbocycles. The van der Waals surface area contributed by atoms with E-state index >= 15 is 19.2 Å². The maximum absolute atomic E-state index is 15.4. The van der Waals surface area contributed by atoms with Gasteiger partial charge in [0.15, 0.2) is 0 Å². The summed E-state index contributed by atoms with van der Waals surface area (Å²) < 4.78 is 5.95. The molecule has 0 saturated carbocycles. The van der Waals surface area contributed by atoms with E-state index in [9.17, 15) is 38.4 Å². The van der Waals surface area contributed by atoms with Gasteiger partial charge in [-0.1, -0.05) is 109 Å². The first kappa shape index (κ1) is 80.4. The lowest BCUT2D eigenvalue weighted by molar-refractivity contribution is -0.164. The van der Waals surface area contributed by atoms with Crippen molar-refractivity contribution in [2.75, 3.05) is 62.4 Å². The third-order valence-electron chi connectivity index (χ3n) is 16.5. The van der Waals surface area contributed by atoms with Gasteiger partial charge in [0.05, 0.1) is 13.1 Å². The van der Waals surface area contributed by atoms with Gasteiger partial charge in [0, 0.05) is 49.3 Å². The number of hydrogen-bond donors (Lipinski definition) is 5. The van der Waals surface area contributed by atoms with Crippen LogP contribution in [0.4, 0.5) is 0 Å². The molecule has 11 amide bonds. The van der Waals surface area contributed by atoms with E-state index in [1.807, 2.05) is 55.4 Å². The van der Waals surface area contributed by atoms with Crippen molar-refractivity contribution in [1.82, 2.24) is 55.6 Å². The van der Waals surface area contributed by atoms with Crippen molar-refractivity contribution < 1.29 is 62.3 Å². The number of nitrogens with two attached hydrogens (primary N) is 1. The molecule has 25 heteroatoms. The molecule has 0 aromatic heterocycles. The monoisotopic (exact) mass is 1260 g/mol. The molecule has 1 saturated heterocycles. The molecule has 0 spiro atoms. The van der Waals surface area contributed by atoms with Crippen molar-refractivity contribution in [2.45, 2.75) is 223 Å². The minimum absolute atomic E-state index is 0.0216. The van der Waals surface area contributed by atoms with Gasteiger partial charge in [-0.15, -0.1) is 0 Å². The Morgan fingerprint density at radius 3 is 1.38 bits per heavy atom. The summed E-state index contributed by atoms with van der Waals surface area (Å²) in [6.07, 6.45) is 2.95. The van der Waals surface area contributed by atoms with Gasteiger partial charge in [-0.05, 0) is 101 Å². The average Bonchev–Trinajstić information content (AvgIpc) is 2.57. The summed E-state index contributed by atoms with van der Waals surface area (Å²) in [6.45, 7) is 28.5. The zero-order valence-electron chi connectivity index (χ0n) is 58.2. The fraction of sp³-hybridized carbons (Fsp3) is 0.781. The molecule has 1 rings (SSSR count). The van der Waals surface area contributed by atoms with Gasteiger partial charge >= 0.3 is 5.97 Å². The molecular formula is C64H114N12O13. The van der Waals surface area contributed by atoms with E-state index in [0.29, 0.717) is 0 Å². The Kier molecular flexibility index (Phi) is 33.3. The van der Waals surface area contributed by atoms with Crippen LogP contribution in [0.1, 0.15) is 156 Å². The van der Waals surface area contributed by atoms with E-state index < -0.39 is 168 Å². The lowest BCUT2D eigenvalue weighted by Gasteiger charge is -2.42. The van der Waals surface area contributed by atoms with E-state index in [1.54, 1.807) is 60.6 Å². The summed E-state index contributed by atoms with van der Waals surface area (Å²) in [5, 5.41) is 11.0. The minimum Gasteiger partial charge on any atom is -0.458 e. The van der Waals surface area contributed by atoms with Gasteiger partial charge in [0.25, 0.3) is 0 Å². The number of hydrogen-bond acceptors (Lipinski definition) is 14. The Balaban J connectivity index is 4.46. The molecule has 0 bridgehead atoms. The lowest BCUT2D eigenvalue weighted by Crippen LogP contribution is -2.64. The van der Waals surface area contributed by atoms with Gasteiger partial charge in [0.1, 0.15) is 66.5 Å². The van der Waals surface area contributed by atoms with Crippen LogP contribution >= 0.6 is 0 Å². The first-order chi connectivity index (χ1) is 41.1. The lowest BCUT2D eigenvalue weighted by atomic mass is 9.91. The summed E-state index contributed by atoms with van der Waals surface area (Å²) in [5.41, 5.74) is 5.79. The van der Waals surface area contributed by atoms with Crippen molar-refractivity contribution in [2.24, 2.45) is 47.2 Å². The molecule has 1 aliphatic heterocycles. The predicted octanol–water partition coefficient (Wildman–Crippen LogP) is 2.78. The maximum atomic E-state index is 15.4. The molecule has 1 aliphatic rings. The highest BCUT2D eigenvalue weighted by Gasteiger charge is 2.47. The molecule has 508 valence electrons. The standard InChI is InChI=1S/C64H114N12O13/c1-25-27-28-41(15)54(89-50(78)33-65)53-58(82)68-44(26-2)60(84)70(18)34-49(77)71(19)45(29-35(3)4)57(81)69-51(39(11)12)63(87)72(20)46(30-36(5)6)56(80)66-42(16)55(79)67-43(17)59(83)73(21)47(31-37(7)8)61(85)74(22)48(32-38(9)10)62(86)75(23)52(40(13)14)64(88)76(53)24/h25,27,35-48,51-54H,26,28-34,65H2,1-24H3,(H,66,80)(H,67,79)(H,68,82)(H,69,81)/b27-25+/t41-,42+,43-,44+,45+,46+,47+,48+,51+,52+,53+,54-/m1/s1. The van der Waals surface area contributed by atoms with Crippen LogP contribution < -0.4 is 27.0 Å². The zero-order chi connectivity index (χ0) is 69.0. The van der Waals surface area contributed by atoms with E-state index in [4.69, 9.17) is 10.5 Å². The number of carbonyl (C=O) groups excluding carboxylic acids is 12. The Morgan fingerprint density at radius 1 is 0.506 bits per heavy atom. The maximum Gasteiger partial charge on any atom is 0.320 e. The number of amides is 11. The second kappa shape index (κ2) is 36.9. The molecule has 0 unspecified atom stereocenters. The third-order valence-corrected chi connectivity index (χ3v) is 16.5. The summed E-state index contributed by atoms with van der Waals surface area (Å²) in [4.78, 5) is 183. The molecule has 1 heterocycles. The predicted molar refractivity (Wildman–Crippen MR) is 341 cm³/mol. The highest BCUT2D eigenvalue weighted by atomic mass is 16.5. The van der Waals surface area contributed by atoms with Gasteiger partial charge in [-0.3, -0.25) is 57.5 Å². The number of nitrogens with zero attached hydrogens (tertiary/aromatic N) is 7. The largest absolute Gasteiger partial charge is 0.458 e. The van der Waals surface area contributed by atoms with E-state index in [2.05, 4.69) is 21.3 Å². The number of rotatable bonds is 17. The number of nitrogens with one attached hydrogen (secondary N) is 4. The summed E-state index contributed by atoms with van der Waals surface area (Å²) in [7, 11) is 9.82. The van der Waals surface area contributed by atoms with Gasteiger partial charge in [0.2, 0.25) is 65.0 Å². The molecule has 89 heavy (non-hydrogen) atoms. The van der Waals surface area contributed by atoms with Crippen molar-refractivity contribution >= 4 is 70.9 Å². The number of ether oxygens (including phenoxy) is 1. The number of esters is 1. The van der Waals surface area contributed by atoms with Crippen LogP contribution in [-0.2, 0) is 62.3 Å². The van der Waals surface area contributed by atoms with E-state index in [0.717, 1.165) is 9.80 Å². The molecule has 12 atom stereocenters. The molecule has 1 fully saturated rings. The molecule has 6 N–H and O–H groups in total. The van der Waals surface area contributed by atoms with Crippen LogP contribution in [-0.4, -0.2) is 234 Å². The zero-order valence-corrected chi connectivity index (χ0v) is 58.2. The van der Waals surface area contributed by atoms with Crippen LogP contribution in [0.2, 0.25) is 0 Å². The van der Waals surface area contributed by atoms with Crippen LogP contribution in [0, 0.1) is 41.4 Å². The topological polar surface area (TPSA) is 311 Å². The molecule has 0 aromatic rings. The van der Waals surface area contributed by atoms with Crippen molar-refractivity contribution in [3.8, 4) is 0 Å². The van der Waals surface area contributed by atoms with Crippen molar-refractivity contribution in [3.63, 3.8) is 0 Å². The van der Waals surface area contributed by atoms with Gasteiger partial charge in [-0.25, -0.2) is 0 Å². The Bertz CT molecular complexity index is 2470. The Morgan fingerprint density at radius 2 is 0.933 bits per heavy atom. The van der Waals surface area contributed by atoms with Crippen LogP contribution in [0.25, 0.3) is 0 Å². The van der Waals surface area contributed by atoms with Gasteiger partial charge < -0.3 is 66.0 Å². The summed E-state index contributed by atoms with van der Waals surface area (Å²) >= 11 is 0. The summed E-state index contributed by atoms with van der Waals surface area (Å²) in [6, 6.07) is -12.7.